The van der Waals surface area contributed by atoms with Gasteiger partial charge in [0.1, 0.15) is 11.7 Å². The van der Waals surface area contributed by atoms with Crippen molar-refractivity contribution in [1.29, 1.82) is 0 Å². The Morgan fingerprint density at radius 1 is 1.53 bits per heavy atom. The molecule has 1 unspecified atom stereocenters. The molecule has 1 atom stereocenters. The molecular weight excluding hydrogens is 244 g/mol. The van der Waals surface area contributed by atoms with E-state index in [4.69, 9.17) is 5.11 Å². The summed E-state index contributed by atoms with van der Waals surface area (Å²) in [4.78, 5) is 24.9. The smallest absolute Gasteiger partial charge is 0.326 e. The standard InChI is InChI=1S/C14H20N2O3/c1-3-11(14(18)19)15(2)13(17)12-8-5-9-16(12)10-6-4-7-10/h5,8-11H,3-4,6-7H2,1-2H3,(H,18,19). The maximum atomic E-state index is 12.4. The topological polar surface area (TPSA) is 62.5 Å². The summed E-state index contributed by atoms with van der Waals surface area (Å²) < 4.78 is 1.98. The number of aromatic nitrogens is 1. The molecule has 0 aliphatic heterocycles. The molecule has 0 radical (unpaired) electrons. The normalized spacial score (nSPS) is 16.7. The largest absolute Gasteiger partial charge is 0.480 e. The molecule has 1 aliphatic carbocycles. The van der Waals surface area contributed by atoms with E-state index in [1.54, 1.807) is 20.0 Å². The van der Waals surface area contributed by atoms with Crippen molar-refractivity contribution in [2.75, 3.05) is 7.05 Å². The molecule has 0 saturated heterocycles. The summed E-state index contributed by atoms with van der Waals surface area (Å²) in [5.74, 6) is -1.17. The molecule has 0 bridgehead atoms. The summed E-state index contributed by atoms with van der Waals surface area (Å²) in [7, 11) is 1.56. The van der Waals surface area contributed by atoms with Crippen molar-refractivity contribution in [1.82, 2.24) is 9.47 Å². The van der Waals surface area contributed by atoms with E-state index in [0.717, 1.165) is 12.8 Å². The van der Waals surface area contributed by atoms with E-state index in [-0.39, 0.29) is 5.91 Å². The van der Waals surface area contributed by atoms with E-state index in [2.05, 4.69) is 0 Å². The number of carboxylic acid groups (broad SMARTS) is 1. The highest BCUT2D eigenvalue weighted by Crippen LogP contribution is 2.33. The molecule has 1 saturated carbocycles. The van der Waals surface area contributed by atoms with E-state index < -0.39 is 12.0 Å². The van der Waals surface area contributed by atoms with Crippen LogP contribution in [0.15, 0.2) is 18.3 Å². The predicted molar refractivity (Wildman–Crippen MR) is 71.1 cm³/mol. The molecule has 104 valence electrons. The number of carbonyl (C=O) groups excluding carboxylic acids is 1. The molecule has 5 nitrogen and oxygen atoms in total. The maximum absolute atomic E-state index is 12.4. The first-order chi connectivity index (χ1) is 9.06. The number of hydrogen-bond donors (Lipinski definition) is 1. The van der Waals surface area contributed by atoms with E-state index in [0.29, 0.717) is 18.2 Å². The summed E-state index contributed by atoms with van der Waals surface area (Å²) >= 11 is 0. The molecule has 19 heavy (non-hydrogen) atoms. The van der Waals surface area contributed by atoms with Crippen LogP contribution in [0.4, 0.5) is 0 Å². The highest BCUT2D eigenvalue weighted by atomic mass is 16.4. The van der Waals surface area contributed by atoms with Gasteiger partial charge in [0.25, 0.3) is 5.91 Å². The lowest BCUT2D eigenvalue weighted by Gasteiger charge is -2.30. The van der Waals surface area contributed by atoms with Crippen LogP contribution in [0.25, 0.3) is 0 Å². The Hall–Kier alpha value is -1.78. The van der Waals surface area contributed by atoms with Crippen LogP contribution in [-0.4, -0.2) is 39.5 Å². The average molecular weight is 264 g/mol. The zero-order valence-corrected chi connectivity index (χ0v) is 11.4. The summed E-state index contributed by atoms with van der Waals surface area (Å²) in [5.41, 5.74) is 0.590. The maximum Gasteiger partial charge on any atom is 0.326 e. The molecule has 2 rings (SSSR count). The van der Waals surface area contributed by atoms with Gasteiger partial charge < -0.3 is 14.6 Å². The summed E-state index contributed by atoms with van der Waals surface area (Å²) in [6.45, 7) is 1.77. The van der Waals surface area contributed by atoms with Crippen LogP contribution in [0.1, 0.15) is 49.1 Å². The van der Waals surface area contributed by atoms with Gasteiger partial charge in [0.15, 0.2) is 0 Å². The van der Waals surface area contributed by atoms with E-state index in [1.807, 2.05) is 16.8 Å². The monoisotopic (exact) mass is 264 g/mol. The molecular formula is C14H20N2O3. The van der Waals surface area contributed by atoms with Crippen LogP contribution in [0.2, 0.25) is 0 Å². The Morgan fingerprint density at radius 3 is 2.68 bits per heavy atom. The van der Waals surface area contributed by atoms with Gasteiger partial charge in [0.05, 0.1) is 0 Å². The van der Waals surface area contributed by atoms with Crippen LogP contribution in [0.5, 0.6) is 0 Å². The fourth-order valence-electron chi connectivity index (χ4n) is 2.49. The van der Waals surface area contributed by atoms with E-state index in [9.17, 15) is 9.59 Å². The van der Waals surface area contributed by atoms with Crippen LogP contribution < -0.4 is 0 Å². The van der Waals surface area contributed by atoms with Gasteiger partial charge in [-0.1, -0.05) is 6.92 Å². The molecule has 1 heterocycles. The molecule has 1 amide bonds. The Balaban J connectivity index is 2.19. The van der Waals surface area contributed by atoms with Gasteiger partial charge in [0.2, 0.25) is 0 Å². The van der Waals surface area contributed by atoms with Gasteiger partial charge in [-0.3, -0.25) is 4.79 Å². The molecule has 0 spiro atoms. The number of carboxylic acids is 1. The van der Waals surface area contributed by atoms with Crippen molar-refractivity contribution in [2.45, 2.75) is 44.7 Å². The number of carbonyl (C=O) groups is 2. The molecule has 1 aliphatic rings. The average Bonchev–Trinajstić information content (AvgIpc) is 2.74. The van der Waals surface area contributed by atoms with Crippen molar-refractivity contribution < 1.29 is 14.7 Å². The van der Waals surface area contributed by atoms with Gasteiger partial charge in [-0.15, -0.1) is 0 Å². The highest BCUT2D eigenvalue weighted by molar-refractivity contribution is 5.95. The van der Waals surface area contributed by atoms with Crippen molar-refractivity contribution in [3.63, 3.8) is 0 Å². The lowest BCUT2D eigenvalue weighted by atomic mass is 9.93. The van der Waals surface area contributed by atoms with Gasteiger partial charge >= 0.3 is 5.97 Å². The third-order valence-electron chi connectivity index (χ3n) is 3.93. The second-order valence-corrected chi connectivity index (χ2v) is 5.06. The van der Waals surface area contributed by atoms with Crippen molar-refractivity contribution in [3.8, 4) is 0 Å². The highest BCUT2D eigenvalue weighted by Gasteiger charge is 2.29. The minimum Gasteiger partial charge on any atom is -0.480 e. The second-order valence-electron chi connectivity index (χ2n) is 5.06. The Labute approximate surface area is 112 Å². The van der Waals surface area contributed by atoms with Crippen molar-refractivity contribution in [3.05, 3.63) is 24.0 Å². The van der Waals surface area contributed by atoms with Gasteiger partial charge in [-0.2, -0.15) is 0 Å². The van der Waals surface area contributed by atoms with Crippen LogP contribution in [0.3, 0.4) is 0 Å². The number of rotatable bonds is 5. The minimum absolute atomic E-state index is 0.217. The molecule has 1 aromatic rings. The van der Waals surface area contributed by atoms with Crippen LogP contribution in [0, 0.1) is 0 Å². The molecule has 1 N–H and O–H groups in total. The summed E-state index contributed by atoms with van der Waals surface area (Å²) in [6.07, 6.45) is 5.69. The lowest BCUT2D eigenvalue weighted by Crippen LogP contribution is -2.43. The first kappa shape index (κ1) is 13.6. The minimum atomic E-state index is -0.958. The summed E-state index contributed by atoms with van der Waals surface area (Å²) in [6, 6.07) is 3.25. The fraction of sp³-hybridized carbons (Fsp3) is 0.571. The Morgan fingerprint density at radius 2 is 2.21 bits per heavy atom. The third kappa shape index (κ3) is 2.50. The van der Waals surface area contributed by atoms with Gasteiger partial charge in [-0.25, -0.2) is 4.79 Å². The van der Waals surface area contributed by atoms with E-state index in [1.165, 1.54) is 11.3 Å². The van der Waals surface area contributed by atoms with Crippen LogP contribution in [-0.2, 0) is 4.79 Å². The molecule has 5 heteroatoms. The lowest BCUT2D eigenvalue weighted by molar-refractivity contribution is -0.142. The zero-order chi connectivity index (χ0) is 14.0. The molecule has 0 aromatic carbocycles. The molecule has 1 aromatic heterocycles. The first-order valence-corrected chi connectivity index (χ1v) is 6.73. The van der Waals surface area contributed by atoms with Crippen molar-refractivity contribution >= 4 is 11.9 Å². The van der Waals surface area contributed by atoms with Gasteiger partial charge in [-0.05, 0) is 37.8 Å². The third-order valence-corrected chi connectivity index (χ3v) is 3.93. The first-order valence-electron chi connectivity index (χ1n) is 6.73. The summed E-state index contributed by atoms with van der Waals surface area (Å²) in [5, 5.41) is 9.13. The number of aliphatic carboxylic acids is 1. The quantitative estimate of drug-likeness (QED) is 0.886. The Bertz CT molecular complexity index is 477. The predicted octanol–water partition coefficient (Wildman–Crippen LogP) is 2.15. The zero-order valence-electron chi connectivity index (χ0n) is 11.4. The number of hydrogen-bond acceptors (Lipinski definition) is 2. The molecule has 1 fully saturated rings. The number of nitrogens with zero attached hydrogens (tertiary/aromatic N) is 2. The fourth-order valence-corrected chi connectivity index (χ4v) is 2.49. The SMILES string of the molecule is CCC(C(=O)O)N(C)C(=O)c1cccn1C1CCC1. The van der Waals surface area contributed by atoms with Crippen LogP contribution >= 0.6 is 0 Å². The Kier molecular flexibility index (Phi) is 3.93. The second kappa shape index (κ2) is 5.47. The van der Waals surface area contributed by atoms with Gasteiger partial charge in [0, 0.05) is 19.3 Å². The van der Waals surface area contributed by atoms with E-state index >= 15 is 0 Å². The number of amides is 1. The van der Waals surface area contributed by atoms with Crippen molar-refractivity contribution in [2.24, 2.45) is 0 Å². The number of likely N-dealkylation sites (N-methyl/N-ethyl adjacent to an activating group) is 1.